The van der Waals surface area contributed by atoms with Crippen LogP contribution in [-0.4, -0.2) is 25.5 Å². The van der Waals surface area contributed by atoms with Gasteiger partial charge < -0.3 is 18.9 Å². The lowest BCUT2D eigenvalue weighted by Gasteiger charge is -2.19. The molecule has 0 bridgehead atoms. The molecule has 0 saturated carbocycles. The van der Waals surface area contributed by atoms with E-state index in [1.807, 2.05) is 42.5 Å². The smallest absolute Gasteiger partial charge is 0.434 e. The van der Waals surface area contributed by atoms with Gasteiger partial charge in [0, 0.05) is 21.5 Å². The monoisotopic (exact) mass is 578 g/mol. The van der Waals surface area contributed by atoms with E-state index >= 15 is 0 Å². The lowest BCUT2D eigenvalue weighted by Crippen LogP contribution is -2.18. The van der Waals surface area contributed by atoms with Crippen LogP contribution in [0.2, 0.25) is 0 Å². The average Bonchev–Trinajstić information content (AvgIpc) is 3.01. The fraction of sp³-hybridized carbons (Fsp3) is 0.556. The molecule has 0 aliphatic heterocycles. The number of aryl methyl sites for hydroxylation is 1. The van der Waals surface area contributed by atoms with Gasteiger partial charge in [0.25, 0.3) is 0 Å². The van der Waals surface area contributed by atoms with E-state index in [-0.39, 0.29) is 0 Å². The highest BCUT2D eigenvalue weighted by Gasteiger charge is 2.22. The molecule has 3 aromatic carbocycles. The van der Waals surface area contributed by atoms with Gasteiger partial charge in [0.1, 0.15) is 11.5 Å². The van der Waals surface area contributed by atoms with Crippen LogP contribution in [0.3, 0.4) is 0 Å². The quantitative estimate of drug-likeness (QED) is 0.0901. The number of carbonyl (C=O) groups is 2. The van der Waals surface area contributed by atoms with Crippen LogP contribution in [0.4, 0.5) is 9.59 Å². The molecule has 0 aromatic heterocycles. The van der Waals surface area contributed by atoms with Gasteiger partial charge in [-0.05, 0) is 49.1 Å². The van der Waals surface area contributed by atoms with Crippen LogP contribution in [0.15, 0.2) is 42.5 Å². The SMILES string of the molecule is CCCCc1ccc2c(OC(=O)OCC(CC)CCCC)c3ccccc3c(OC(=O)OCC(CC)CCCC)c2c1. The fourth-order valence-corrected chi connectivity index (χ4v) is 5.30. The summed E-state index contributed by atoms with van der Waals surface area (Å²) in [6.45, 7) is 11.4. The molecule has 230 valence electrons. The zero-order valence-electron chi connectivity index (χ0n) is 26.3. The Labute approximate surface area is 252 Å². The van der Waals surface area contributed by atoms with Crippen molar-refractivity contribution in [2.45, 2.75) is 105 Å². The van der Waals surface area contributed by atoms with Gasteiger partial charge in [-0.25, -0.2) is 9.59 Å². The van der Waals surface area contributed by atoms with E-state index in [0.717, 1.165) is 76.2 Å². The van der Waals surface area contributed by atoms with Gasteiger partial charge in [-0.2, -0.15) is 0 Å². The maximum Gasteiger partial charge on any atom is 0.513 e. The van der Waals surface area contributed by atoms with Crippen molar-refractivity contribution in [2.24, 2.45) is 11.8 Å². The van der Waals surface area contributed by atoms with Gasteiger partial charge in [-0.1, -0.05) is 116 Å². The van der Waals surface area contributed by atoms with Crippen LogP contribution < -0.4 is 9.47 Å². The highest BCUT2D eigenvalue weighted by atomic mass is 16.7. The molecule has 6 nitrogen and oxygen atoms in total. The van der Waals surface area contributed by atoms with Crippen molar-refractivity contribution in [3.63, 3.8) is 0 Å². The molecular formula is C36H50O6. The van der Waals surface area contributed by atoms with E-state index in [4.69, 9.17) is 18.9 Å². The van der Waals surface area contributed by atoms with E-state index in [9.17, 15) is 9.59 Å². The Balaban J connectivity index is 1.96. The van der Waals surface area contributed by atoms with Gasteiger partial charge in [0.05, 0.1) is 13.2 Å². The minimum atomic E-state index is -0.725. The van der Waals surface area contributed by atoms with Gasteiger partial charge in [-0.3, -0.25) is 0 Å². The first kappa shape index (κ1) is 33.2. The summed E-state index contributed by atoms with van der Waals surface area (Å²) >= 11 is 0. The normalized spacial score (nSPS) is 12.7. The number of carbonyl (C=O) groups excluding carboxylic acids is 2. The molecule has 0 N–H and O–H groups in total. The van der Waals surface area contributed by atoms with E-state index in [1.165, 1.54) is 0 Å². The maximum absolute atomic E-state index is 13.0. The number of unbranched alkanes of at least 4 members (excludes halogenated alkanes) is 3. The van der Waals surface area contributed by atoms with E-state index in [1.54, 1.807) is 0 Å². The van der Waals surface area contributed by atoms with Crippen LogP contribution in [0.25, 0.3) is 21.5 Å². The Hall–Kier alpha value is -3.28. The summed E-state index contributed by atoms with van der Waals surface area (Å²) in [5.41, 5.74) is 1.12. The Kier molecular flexibility index (Phi) is 13.9. The first-order chi connectivity index (χ1) is 20.4. The highest BCUT2D eigenvalue weighted by molar-refractivity contribution is 6.12. The third-order valence-electron chi connectivity index (χ3n) is 8.14. The van der Waals surface area contributed by atoms with Gasteiger partial charge >= 0.3 is 12.3 Å². The van der Waals surface area contributed by atoms with Crippen LogP contribution in [0.5, 0.6) is 11.5 Å². The molecule has 2 atom stereocenters. The van der Waals surface area contributed by atoms with Crippen molar-refractivity contribution in [3.05, 3.63) is 48.0 Å². The largest absolute Gasteiger partial charge is 0.513 e. The van der Waals surface area contributed by atoms with Crippen molar-refractivity contribution in [2.75, 3.05) is 13.2 Å². The molecule has 0 aliphatic rings. The van der Waals surface area contributed by atoms with Crippen LogP contribution in [0.1, 0.15) is 104 Å². The Bertz CT molecular complexity index is 1280. The zero-order chi connectivity index (χ0) is 30.3. The summed E-state index contributed by atoms with van der Waals surface area (Å²) in [6.07, 6.45) is 9.92. The summed E-state index contributed by atoms with van der Waals surface area (Å²) in [7, 11) is 0. The Morgan fingerprint density at radius 3 is 1.57 bits per heavy atom. The average molecular weight is 579 g/mol. The molecule has 2 unspecified atom stereocenters. The number of ether oxygens (including phenoxy) is 4. The van der Waals surface area contributed by atoms with Crippen LogP contribution >= 0.6 is 0 Å². The second-order valence-corrected chi connectivity index (χ2v) is 11.3. The van der Waals surface area contributed by atoms with Crippen molar-refractivity contribution >= 4 is 33.9 Å². The van der Waals surface area contributed by atoms with E-state index in [0.29, 0.717) is 58.1 Å². The molecule has 6 heteroatoms. The van der Waals surface area contributed by atoms with Crippen molar-refractivity contribution in [3.8, 4) is 11.5 Å². The third kappa shape index (κ3) is 9.37. The van der Waals surface area contributed by atoms with Crippen molar-refractivity contribution < 1.29 is 28.5 Å². The number of rotatable bonds is 17. The first-order valence-electron chi connectivity index (χ1n) is 16.1. The Morgan fingerprint density at radius 1 is 0.619 bits per heavy atom. The van der Waals surface area contributed by atoms with Gasteiger partial charge in [-0.15, -0.1) is 0 Å². The second-order valence-electron chi connectivity index (χ2n) is 11.3. The van der Waals surface area contributed by atoms with Crippen molar-refractivity contribution in [1.29, 1.82) is 0 Å². The van der Waals surface area contributed by atoms with Crippen LogP contribution in [-0.2, 0) is 15.9 Å². The summed E-state index contributed by atoms with van der Waals surface area (Å²) in [6, 6.07) is 13.5. The van der Waals surface area contributed by atoms with E-state index in [2.05, 4.69) is 34.6 Å². The van der Waals surface area contributed by atoms with Gasteiger partial charge in [0.2, 0.25) is 0 Å². The second kappa shape index (κ2) is 17.6. The van der Waals surface area contributed by atoms with E-state index < -0.39 is 12.3 Å². The topological polar surface area (TPSA) is 71.1 Å². The lowest BCUT2D eigenvalue weighted by molar-refractivity contribution is 0.0805. The summed E-state index contributed by atoms with van der Waals surface area (Å²) in [5, 5.41) is 2.72. The predicted octanol–water partition coefficient (Wildman–Crippen LogP) is 10.8. The molecule has 0 saturated heterocycles. The number of benzene rings is 3. The minimum Gasteiger partial charge on any atom is -0.434 e. The number of fused-ring (bicyclic) bond motifs is 2. The minimum absolute atomic E-state index is 0.308. The third-order valence-corrected chi connectivity index (χ3v) is 8.14. The fourth-order valence-electron chi connectivity index (χ4n) is 5.30. The van der Waals surface area contributed by atoms with Crippen molar-refractivity contribution in [1.82, 2.24) is 0 Å². The zero-order valence-corrected chi connectivity index (χ0v) is 26.3. The number of hydrogen-bond donors (Lipinski definition) is 0. The number of hydrogen-bond acceptors (Lipinski definition) is 6. The molecule has 3 aromatic rings. The van der Waals surface area contributed by atoms with Gasteiger partial charge in [0.15, 0.2) is 0 Å². The standard InChI is InChI=1S/C36H50O6/c1-6-11-16-26(9-4)24-39-35(37)41-33-29-19-14-15-20-30(29)34(32-23-28(18-13-8-3)21-22-31(32)33)42-36(38)40-25-27(10-5)17-12-7-2/h14-15,19-23,26-27H,6-13,16-18,24-25H2,1-5H3. The predicted molar refractivity (Wildman–Crippen MR) is 171 cm³/mol. The molecule has 42 heavy (non-hydrogen) atoms. The molecule has 0 amide bonds. The summed E-state index contributed by atoms with van der Waals surface area (Å²) in [4.78, 5) is 26.0. The Morgan fingerprint density at radius 2 is 1.10 bits per heavy atom. The molecular weight excluding hydrogens is 528 g/mol. The molecule has 0 aliphatic carbocycles. The highest BCUT2D eigenvalue weighted by Crippen LogP contribution is 2.43. The summed E-state index contributed by atoms with van der Waals surface area (Å²) in [5.74, 6) is 1.43. The molecule has 0 radical (unpaired) electrons. The summed E-state index contributed by atoms with van der Waals surface area (Å²) < 4.78 is 23.1. The molecule has 3 rings (SSSR count). The molecule has 0 spiro atoms. The molecule has 0 heterocycles. The molecule has 0 fully saturated rings. The maximum atomic E-state index is 13.0. The lowest BCUT2D eigenvalue weighted by atomic mass is 9.97. The van der Waals surface area contributed by atoms with Crippen LogP contribution in [0, 0.1) is 11.8 Å². The first-order valence-corrected chi connectivity index (χ1v) is 16.1.